The first-order chi connectivity index (χ1) is 15.9. The molecule has 0 aromatic heterocycles. The van der Waals surface area contributed by atoms with Gasteiger partial charge < -0.3 is 10.2 Å². The molecule has 1 aliphatic rings. The molecule has 0 saturated heterocycles. The molecule has 4 nitrogen and oxygen atoms in total. The van der Waals surface area contributed by atoms with Crippen LogP contribution in [0.15, 0.2) is 42.5 Å². The molecule has 1 N–H and O–H groups in total. The predicted molar refractivity (Wildman–Crippen MR) is 139 cm³/mol. The van der Waals surface area contributed by atoms with Crippen molar-refractivity contribution in [1.29, 1.82) is 0 Å². The lowest BCUT2D eigenvalue weighted by atomic mass is 10.1. The minimum atomic E-state index is -0.591. The van der Waals surface area contributed by atoms with E-state index in [1.54, 1.807) is 23.1 Å². The molecular formula is C25H29Cl3N2O2S. The van der Waals surface area contributed by atoms with Gasteiger partial charge in [0, 0.05) is 39.0 Å². The number of nitrogens with one attached hydrogen (secondary N) is 1. The zero-order chi connectivity index (χ0) is 23.8. The van der Waals surface area contributed by atoms with E-state index < -0.39 is 6.04 Å². The highest BCUT2D eigenvalue weighted by atomic mass is 35.5. The molecule has 1 atom stereocenters. The Kier molecular flexibility index (Phi) is 10.2. The van der Waals surface area contributed by atoms with E-state index in [0.29, 0.717) is 32.8 Å². The van der Waals surface area contributed by atoms with Crippen molar-refractivity contribution in [3.8, 4) is 0 Å². The first-order valence-electron chi connectivity index (χ1n) is 11.2. The van der Waals surface area contributed by atoms with Crippen LogP contribution in [0, 0.1) is 0 Å². The minimum absolute atomic E-state index is 0.114. The predicted octanol–water partition coefficient (Wildman–Crippen LogP) is 6.75. The van der Waals surface area contributed by atoms with E-state index in [9.17, 15) is 9.59 Å². The van der Waals surface area contributed by atoms with Gasteiger partial charge in [-0.25, -0.2) is 0 Å². The number of halogens is 3. The summed E-state index contributed by atoms with van der Waals surface area (Å²) in [6, 6.07) is 12.4. The molecule has 0 spiro atoms. The Morgan fingerprint density at radius 1 is 1.03 bits per heavy atom. The largest absolute Gasteiger partial charge is 0.352 e. The van der Waals surface area contributed by atoms with Gasteiger partial charge in [-0.1, -0.05) is 78.8 Å². The van der Waals surface area contributed by atoms with Crippen LogP contribution in [0.25, 0.3) is 0 Å². The van der Waals surface area contributed by atoms with Crippen molar-refractivity contribution < 1.29 is 9.59 Å². The summed E-state index contributed by atoms with van der Waals surface area (Å²) in [7, 11) is 0. The third-order valence-corrected chi connectivity index (χ3v) is 7.96. The summed E-state index contributed by atoms with van der Waals surface area (Å²) in [5.41, 5.74) is 1.63. The standard InChI is InChI=1S/C25H29Cl3N2O2S/c1-2-23(25(32)29-18-9-4-5-10-18)30(14-19-21(27)12-7-13-22(19)28)24(31)16-33-15-17-8-3-6-11-20(17)26/h3,6-8,11-13,18,23H,2,4-5,9-10,14-16H2,1H3,(H,29,32)/t23-/m0/s1. The van der Waals surface area contributed by atoms with Gasteiger partial charge in [-0.15, -0.1) is 11.8 Å². The van der Waals surface area contributed by atoms with E-state index in [0.717, 1.165) is 31.2 Å². The fraction of sp³-hybridized carbons (Fsp3) is 0.440. The third kappa shape index (κ3) is 7.29. The number of thioether (sulfide) groups is 1. The third-order valence-electron chi connectivity index (χ3n) is 5.92. The van der Waals surface area contributed by atoms with Gasteiger partial charge in [0.15, 0.2) is 0 Å². The molecule has 8 heteroatoms. The van der Waals surface area contributed by atoms with Crippen molar-refractivity contribution in [2.75, 3.05) is 5.75 Å². The molecule has 0 aliphatic heterocycles. The fourth-order valence-corrected chi connectivity index (χ4v) is 5.80. The van der Waals surface area contributed by atoms with E-state index in [-0.39, 0.29) is 30.2 Å². The Bertz CT molecular complexity index is 946. The Morgan fingerprint density at radius 3 is 2.30 bits per heavy atom. The Hall–Kier alpha value is -1.40. The van der Waals surface area contributed by atoms with Gasteiger partial charge in [0.2, 0.25) is 11.8 Å². The monoisotopic (exact) mass is 526 g/mol. The molecule has 0 radical (unpaired) electrons. The summed E-state index contributed by atoms with van der Waals surface area (Å²) < 4.78 is 0. The number of nitrogens with zero attached hydrogens (tertiary/aromatic N) is 1. The average Bonchev–Trinajstić information content (AvgIpc) is 3.29. The molecule has 2 aromatic carbocycles. The Labute approximate surface area is 215 Å². The number of carbonyl (C=O) groups is 2. The zero-order valence-corrected chi connectivity index (χ0v) is 21.7. The normalized spacial score (nSPS) is 14.8. The van der Waals surface area contributed by atoms with Crippen LogP contribution >= 0.6 is 46.6 Å². The maximum Gasteiger partial charge on any atom is 0.243 e. The average molecular weight is 528 g/mol. The van der Waals surface area contributed by atoms with Crippen LogP contribution in [0.2, 0.25) is 15.1 Å². The summed E-state index contributed by atoms with van der Waals surface area (Å²) in [4.78, 5) is 28.2. The van der Waals surface area contributed by atoms with Gasteiger partial charge in [0.05, 0.1) is 5.75 Å². The van der Waals surface area contributed by atoms with E-state index in [1.807, 2.05) is 31.2 Å². The molecule has 0 unspecified atom stereocenters. The highest BCUT2D eigenvalue weighted by molar-refractivity contribution is 7.99. The number of benzene rings is 2. The van der Waals surface area contributed by atoms with Crippen LogP contribution in [0.4, 0.5) is 0 Å². The number of rotatable bonds is 10. The van der Waals surface area contributed by atoms with E-state index >= 15 is 0 Å². The van der Waals surface area contributed by atoms with Gasteiger partial charge in [-0.05, 0) is 43.0 Å². The SMILES string of the molecule is CC[C@@H](C(=O)NC1CCCC1)N(Cc1c(Cl)cccc1Cl)C(=O)CSCc1ccccc1Cl. The number of hydrogen-bond acceptors (Lipinski definition) is 3. The molecule has 0 heterocycles. The molecule has 1 saturated carbocycles. The number of hydrogen-bond donors (Lipinski definition) is 1. The second-order valence-electron chi connectivity index (χ2n) is 8.22. The lowest BCUT2D eigenvalue weighted by molar-refractivity contribution is -0.139. The second kappa shape index (κ2) is 12.9. The molecule has 3 rings (SSSR count). The first kappa shape index (κ1) is 26.2. The summed E-state index contributed by atoms with van der Waals surface area (Å²) >= 11 is 20.5. The van der Waals surface area contributed by atoms with Gasteiger partial charge in [0.1, 0.15) is 6.04 Å². The number of amides is 2. The van der Waals surface area contributed by atoms with Crippen LogP contribution in [0.1, 0.15) is 50.2 Å². The van der Waals surface area contributed by atoms with Crippen LogP contribution in [0.3, 0.4) is 0 Å². The maximum atomic E-state index is 13.4. The zero-order valence-electron chi connectivity index (χ0n) is 18.7. The Morgan fingerprint density at radius 2 is 1.67 bits per heavy atom. The smallest absolute Gasteiger partial charge is 0.243 e. The van der Waals surface area contributed by atoms with Crippen molar-refractivity contribution in [3.63, 3.8) is 0 Å². The van der Waals surface area contributed by atoms with Crippen LogP contribution in [-0.2, 0) is 21.9 Å². The minimum Gasteiger partial charge on any atom is -0.352 e. The lowest BCUT2D eigenvalue weighted by Gasteiger charge is -2.32. The van der Waals surface area contributed by atoms with Crippen LogP contribution in [-0.4, -0.2) is 34.6 Å². The second-order valence-corrected chi connectivity index (χ2v) is 10.4. The first-order valence-corrected chi connectivity index (χ1v) is 13.5. The van der Waals surface area contributed by atoms with Gasteiger partial charge in [0.25, 0.3) is 0 Å². The van der Waals surface area contributed by atoms with Crippen molar-refractivity contribution in [1.82, 2.24) is 10.2 Å². The Balaban J connectivity index is 1.76. The summed E-state index contributed by atoms with van der Waals surface area (Å²) in [5, 5.41) is 4.79. The molecule has 2 amide bonds. The summed E-state index contributed by atoms with van der Waals surface area (Å²) in [6.45, 7) is 2.10. The molecule has 1 aliphatic carbocycles. The molecule has 2 aromatic rings. The van der Waals surface area contributed by atoms with Gasteiger partial charge in [-0.2, -0.15) is 0 Å². The van der Waals surface area contributed by atoms with Crippen molar-refractivity contribution >= 4 is 58.4 Å². The number of carbonyl (C=O) groups excluding carboxylic acids is 2. The summed E-state index contributed by atoms with van der Waals surface area (Å²) in [6.07, 6.45) is 4.72. The topological polar surface area (TPSA) is 49.4 Å². The van der Waals surface area contributed by atoms with Gasteiger partial charge in [-0.3, -0.25) is 9.59 Å². The quantitative estimate of drug-likeness (QED) is 0.372. The van der Waals surface area contributed by atoms with E-state index in [1.165, 1.54) is 11.8 Å². The van der Waals surface area contributed by atoms with Crippen molar-refractivity contribution in [3.05, 3.63) is 68.7 Å². The lowest BCUT2D eigenvalue weighted by Crippen LogP contribution is -2.51. The molecular weight excluding hydrogens is 499 g/mol. The highest BCUT2D eigenvalue weighted by Gasteiger charge is 2.31. The van der Waals surface area contributed by atoms with Crippen molar-refractivity contribution in [2.45, 2.75) is 63.4 Å². The molecule has 0 bridgehead atoms. The molecule has 33 heavy (non-hydrogen) atoms. The van der Waals surface area contributed by atoms with Crippen molar-refractivity contribution in [2.24, 2.45) is 0 Å². The van der Waals surface area contributed by atoms with E-state index in [4.69, 9.17) is 34.8 Å². The van der Waals surface area contributed by atoms with Crippen LogP contribution in [0.5, 0.6) is 0 Å². The maximum absolute atomic E-state index is 13.4. The highest BCUT2D eigenvalue weighted by Crippen LogP contribution is 2.28. The molecule has 1 fully saturated rings. The summed E-state index contributed by atoms with van der Waals surface area (Å²) in [5.74, 6) is 0.589. The fourth-order valence-electron chi connectivity index (χ4n) is 4.09. The molecule has 178 valence electrons. The van der Waals surface area contributed by atoms with Crippen LogP contribution < -0.4 is 5.32 Å². The van der Waals surface area contributed by atoms with Gasteiger partial charge >= 0.3 is 0 Å². The van der Waals surface area contributed by atoms with E-state index in [2.05, 4.69) is 5.32 Å².